The first kappa shape index (κ1) is 40.8. The highest BCUT2D eigenvalue weighted by Gasteiger charge is 2.77. The number of amides is 3. The predicted molar refractivity (Wildman–Crippen MR) is 210 cm³/mol. The summed E-state index contributed by atoms with van der Waals surface area (Å²) in [5, 5.41) is 13.9. The Hall–Kier alpha value is -3.88. The number of fused-ring (bicyclic) bond motifs is 1. The Kier molecular flexibility index (Phi) is 13.6. The molecule has 4 fully saturated rings. The lowest BCUT2D eigenvalue weighted by molar-refractivity contribution is -0.162. The molecule has 3 amide bonds. The summed E-state index contributed by atoms with van der Waals surface area (Å²) in [6, 6.07) is 16.2. The molecule has 296 valence electrons. The van der Waals surface area contributed by atoms with Gasteiger partial charge in [-0.1, -0.05) is 88.7 Å². The minimum atomic E-state index is -1.37. The molecule has 4 aliphatic heterocycles. The number of hydrogen-bond acceptors (Lipinski definition) is 9. The molecule has 13 heteroatoms. The Morgan fingerprint density at radius 1 is 1.09 bits per heavy atom. The van der Waals surface area contributed by atoms with Gasteiger partial charge < -0.3 is 34.4 Å². The number of carbonyl (C=O) groups excluding carboxylic acids is 4. The molecular weight excluding hydrogens is 768 g/mol. The molecule has 0 aliphatic carbocycles. The van der Waals surface area contributed by atoms with Gasteiger partial charge in [0.05, 0.1) is 49.8 Å². The van der Waals surface area contributed by atoms with Gasteiger partial charge in [0.1, 0.15) is 17.7 Å². The number of aliphatic hydroxyl groups is 1. The van der Waals surface area contributed by atoms with E-state index in [0.29, 0.717) is 51.1 Å². The molecule has 0 radical (unpaired) electrons. The minimum Gasteiger partial charge on any atom is -0.455 e. The second-order valence-electron chi connectivity index (χ2n) is 14.9. The molecule has 1 unspecified atom stereocenters. The molecule has 4 aliphatic rings. The number of alkyl halides is 1. The smallest absolute Gasteiger partial charge is 0.313 e. The first-order chi connectivity index (χ1) is 26.6. The molecule has 6 rings (SSSR count). The highest BCUT2D eigenvalue weighted by molar-refractivity contribution is 9.09. The molecule has 2 N–H and O–H groups in total. The van der Waals surface area contributed by atoms with Crippen LogP contribution in [0.1, 0.15) is 43.4 Å². The quantitative estimate of drug-likeness (QED) is 0.132. The van der Waals surface area contributed by atoms with Crippen molar-refractivity contribution in [2.45, 2.75) is 73.4 Å². The fraction of sp³-hybridized carbons (Fsp3) is 0.524. The van der Waals surface area contributed by atoms with Crippen molar-refractivity contribution in [3.63, 3.8) is 0 Å². The van der Waals surface area contributed by atoms with Crippen molar-refractivity contribution < 1.29 is 38.5 Å². The van der Waals surface area contributed by atoms with Gasteiger partial charge in [-0.3, -0.25) is 24.1 Å². The molecule has 2 bridgehead atoms. The Balaban J connectivity index is 1.35. The Bertz CT molecular complexity index is 1680. The lowest BCUT2D eigenvalue weighted by Gasteiger charge is -2.40. The average Bonchev–Trinajstić information content (AvgIpc) is 3.80. The summed E-state index contributed by atoms with van der Waals surface area (Å²) in [7, 11) is 0. The van der Waals surface area contributed by atoms with Gasteiger partial charge in [0.25, 0.3) is 0 Å². The van der Waals surface area contributed by atoms with Crippen molar-refractivity contribution in [1.29, 1.82) is 0 Å². The molecule has 4 heterocycles. The number of nitrogens with zero attached hydrogens (tertiary/aromatic N) is 3. The number of benzene rings is 2. The summed E-state index contributed by atoms with van der Waals surface area (Å²) in [6.45, 7) is 13.0. The molecule has 0 aromatic heterocycles. The van der Waals surface area contributed by atoms with E-state index in [9.17, 15) is 14.7 Å². The summed E-state index contributed by atoms with van der Waals surface area (Å²) in [5.41, 5.74) is 0.198. The van der Waals surface area contributed by atoms with E-state index in [4.69, 9.17) is 14.2 Å². The number of likely N-dealkylation sites (tertiary alicyclic amines) is 1. The Morgan fingerprint density at radius 3 is 2.44 bits per heavy atom. The summed E-state index contributed by atoms with van der Waals surface area (Å²) < 4.78 is 18.7. The van der Waals surface area contributed by atoms with Crippen LogP contribution in [-0.2, 0) is 39.8 Å². The Morgan fingerprint density at radius 2 is 1.78 bits per heavy atom. The maximum atomic E-state index is 15.1. The second-order valence-corrected chi connectivity index (χ2v) is 16.1. The maximum absolute atomic E-state index is 15.1. The first-order valence-corrected chi connectivity index (χ1v) is 20.2. The topological polar surface area (TPSA) is 138 Å². The van der Waals surface area contributed by atoms with Gasteiger partial charge in [0.2, 0.25) is 17.7 Å². The van der Waals surface area contributed by atoms with Crippen LogP contribution in [0.4, 0.5) is 0 Å². The molecule has 1 spiro atoms. The second kappa shape index (κ2) is 18.4. The largest absolute Gasteiger partial charge is 0.455 e. The zero-order chi connectivity index (χ0) is 39.1. The van der Waals surface area contributed by atoms with E-state index in [1.165, 1.54) is 4.90 Å². The highest BCUT2D eigenvalue weighted by Crippen LogP contribution is 2.61. The van der Waals surface area contributed by atoms with Crippen LogP contribution in [0.5, 0.6) is 0 Å². The monoisotopic (exact) mass is 820 g/mol. The van der Waals surface area contributed by atoms with E-state index < -0.39 is 66.3 Å². The number of allylic oxidation sites excluding steroid dienone is 1. The van der Waals surface area contributed by atoms with Gasteiger partial charge in [-0.2, -0.15) is 0 Å². The summed E-state index contributed by atoms with van der Waals surface area (Å²) >= 11 is 3.77. The van der Waals surface area contributed by atoms with Gasteiger partial charge in [0, 0.05) is 44.0 Å². The predicted octanol–water partition coefficient (Wildman–Crippen LogP) is 3.44. The van der Waals surface area contributed by atoms with Crippen molar-refractivity contribution in [3.8, 4) is 0 Å². The lowest BCUT2D eigenvalue weighted by atomic mass is 9.70. The standard InChI is InChI=1S/C42H53BrN4O8/c1-4-6-17-33(49)44-28(3)36(30-15-11-8-12-16-30)54-41(52)34-35-39(50)47(31(27-48)25-29-13-9-7-10-14-29)38(42(35)26-32(43)37(34)55-42)40(51)46(18-5-2)20-19-45-21-23-53-24-22-45/h4-5,7-16,28,31-32,34-38,48H,1-2,6,17-27H2,3H3,(H,44,49)/t28-,31+,32?,34-,35+,36-,37-,38-,42+/m0/s1. The van der Waals surface area contributed by atoms with Gasteiger partial charge in [-0.15, -0.1) is 13.2 Å². The van der Waals surface area contributed by atoms with Crippen molar-refractivity contribution in [1.82, 2.24) is 20.0 Å². The number of halogens is 1. The molecule has 12 nitrogen and oxygen atoms in total. The van der Waals surface area contributed by atoms with Crippen LogP contribution in [0.3, 0.4) is 0 Å². The fourth-order valence-corrected chi connectivity index (χ4v) is 9.74. The number of morpholine rings is 1. The minimum absolute atomic E-state index is 0.207. The zero-order valence-electron chi connectivity index (χ0n) is 31.5. The van der Waals surface area contributed by atoms with Gasteiger partial charge in [-0.25, -0.2) is 0 Å². The van der Waals surface area contributed by atoms with E-state index >= 15 is 9.59 Å². The summed E-state index contributed by atoms with van der Waals surface area (Å²) in [5.74, 6) is -3.70. The first-order valence-electron chi connectivity index (χ1n) is 19.3. The van der Waals surface area contributed by atoms with Crippen LogP contribution < -0.4 is 5.32 Å². The van der Waals surface area contributed by atoms with E-state index in [0.717, 1.165) is 18.7 Å². The average molecular weight is 822 g/mol. The van der Waals surface area contributed by atoms with Crippen LogP contribution in [0, 0.1) is 11.8 Å². The van der Waals surface area contributed by atoms with Crippen molar-refractivity contribution >= 4 is 39.6 Å². The number of ether oxygens (including phenoxy) is 3. The fourth-order valence-electron chi connectivity index (χ4n) is 8.79. The van der Waals surface area contributed by atoms with E-state index in [1.807, 2.05) is 60.7 Å². The van der Waals surface area contributed by atoms with Crippen molar-refractivity contribution in [2.24, 2.45) is 11.8 Å². The number of nitrogens with one attached hydrogen (secondary N) is 1. The molecule has 55 heavy (non-hydrogen) atoms. The highest BCUT2D eigenvalue weighted by atomic mass is 79.9. The van der Waals surface area contributed by atoms with Gasteiger partial charge in [-0.05, 0) is 37.3 Å². The number of aliphatic hydroxyl groups excluding tert-OH is 1. The van der Waals surface area contributed by atoms with Crippen LogP contribution in [-0.4, -0.2) is 131 Å². The third-order valence-electron chi connectivity index (χ3n) is 11.4. The van der Waals surface area contributed by atoms with Crippen LogP contribution in [0.15, 0.2) is 86.0 Å². The van der Waals surface area contributed by atoms with E-state index in [1.54, 1.807) is 24.0 Å². The van der Waals surface area contributed by atoms with Gasteiger partial charge >= 0.3 is 5.97 Å². The maximum Gasteiger partial charge on any atom is 0.313 e. The molecule has 4 saturated heterocycles. The molecular formula is C42H53BrN4O8. The van der Waals surface area contributed by atoms with E-state index in [-0.39, 0.29) is 29.6 Å². The number of rotatable bonds is 18. The van der Waals surface area contributed by atoms with Gasteiger partial charge in [0.15, 0.2) is 0 Å². The number of carbonyl (C=O) groups is 4. The van der Waals surface area contributed by atoms with Crippen LogP contribution >= 0.6 is 15.9 Å². The third-order valence-corrected chi connectivity index (χ3v) is 12.2. The van der Waals surface area contributed by atoms with Crippen LogP contribution in [0.2, 0.25) is 0 Å². The lowest BCUT2D eigenvalue weighted by Crippen LogP contribution is -2.60. The van der Waals surface area contributed by atoms with Crippen LogP contribution in [0.25, 0.3) is 0 Å². The zero-order valence-corrected chi connectivity index (χ0v) is 33.1. The molecule has 2 aromatic rings. The third kappa shape index (κ3) is 8.61. The van der Waals surface area contributed by atoms with Crippen molar-refractivity contribution in [2.75, 3.05) is 52.5 Å². The molecule has 0 saturated carbocycles. The number of hydrogen-bond donors (Lipinski definition) is 2. The Labute approximate surface area is 332 Å². The number of esters is 1. The SMILES string of the molecule is C=CCCC(=O)N[C@@H](C)[C@H](OC(=O)[C@@H]1[C@H]2O[C@@]3(CC2Br)[C@H](C(=O)N(CC=C)CCN2CCOCC2)N([C@@H](CO)Cc2ccccc2)C(=O)[C@@H]13)c1ccccc1. The van der Waals surface area contributed by atoms with Crippen molar-refractivity contribution in [3.05, 3.63) is 97.1 Å². The normalized spacial score (nSPS) is 27.5. The summed E-state index contributed by atoms with van der Waals surface area (Å²) in [4.78, 5) is 62.6. The molecule has 2 aromatic carbocycles. The van der Waals surface area contributed by atoms with E-state index in [2.05, 4.69) is 39.3 Å². The molecule has 9 atom stereocenters. The summed E-state index contributed by atoms with van der Waals surface area (Å²) in [6.07, 6.45) is 3.04.